The quantitative estimate of drug-likeness (QED) is 0.366. The van der Waals surface area contributed by atoms with E-state index in [1.165, 1.54) is 0 Å². The van der Waals surface area contributed by atoms with Gasteiger partial charge in [-0.2, -0.15) is 0 Å². The zero-order chi connectivity index (χ0) is 11.4. The van der Waals surface area contributed by atoms with Crippen LogP contribution in [0.1, 0.15) is 32.6 Å². The van der Waals surface area contributed by atoms with E-state index in [4.69, 9.17) is 11.5 Å². The average molecular weight is 208 g/mol. The summed E-state index contributed by atoms with van der Waals surface area (Å²) >= 11 is 0. The lowest BCUT2D eigenvalue weighted by Gasteiger charge is -2.05. The Labute approximate surface area is 93.7 Å². The molecule has 0 aromatic rings. The van der Waals surface area contributed by atoms with Crippen LogP contribution < -0.4 is 11.5 Å². The highest BCUT2D eigenvalue weighted by Crippen LogP contribution is 1.99. The zero-order valence-corrected chi connectivity index (χ0v) is 9.73. The maximum Gasteiger partial charge on any atom is 0.0163 e. The highest BCUT2D eigenvalue weighted by molar-refractivity contribution is 5.04. The Morgan fingerprint density at radius 1 is 1.13 bits per heavy atom. The second kappa shape index (κ2) is 11.2. The van der Waals surface area contributed by atoms with Crippen LogP contribution in [-0.2, 0) is 0 Å². The third kappa shape index (κ3) is 11.1. The van der Waals surface area contributed by atoms with Crippen LogP contribution in [0.2, 0.25) is 0 Å². The first-order valence-electron chi connectivity index (χ1n) is 5.69. The molecule has 0 radical (unpaired) electrons. The number of nitrogens with two attached hydrogens (primary N) is 2. The van der Waals surface area contributed by atoms with Crippen molar-refractivity contribution >= 4 is 0 Å². The van der Waals surface area contributed by atoms with Gasteiger partial charge >= 0.3 is 0 Å². The largest absolute Gasteiger partial charge is 0.329 e. The molecule has 0 heterocycles. The maximum atomic E-state index is 5.70. The van der Waals surface area contributed by atoms with E-state index in [0.29, 0.717) is 6.54 Å². The molecule has 86 valence electrons. The minimum absolute atomic E-state index is 0.170. The molecule has 2 nitrogen and oxygen atoms in total. The van der Waals surface area contributed by atoms with Crippen molar-refractivity contribution in [2.24, 2.45) is 11.5 Å². The summed E-state index contributed by atoms with van der Waals surface area (Å²) in [6, 6.07) is 0.170. The fraction of sp³-hybridized carbons (Fsp3) is 0.538. The molecular formula is C13H24N2. The minimum Gasteiger partial charge on any atom is -0.329 e. The van der Waals surface area contributed by atoms with Crippen molar-refractivity contribution in [1.29, 1.82) is 0 Å². The molecule has 0 aliphatic rings. The van der Waals surface area contributed by atoms with Crippen LogP contribution in [0.5, 0.6) is 0 Å². The SMILES string of the molecule is C/C=C/C/C=C/C=C/CCCC(N)CN. The molecule has 0 bridgehead atoms. The van der Waals surface area contributed by atoms with Crippen molar-refractivity contribution in [3.8, 4) is 0 Å². The minimum atomic E-state index is 0.170. The molecule has 0 saturated carbocycles. The van der Waals surface area contributed by atoms with Crippen LogP contribution in [0, 0.1) is 0 Å². The fourth-order valence-corrected chi connectivity index (χ4v) is 1.16. The van der Waals surface area contributed by atoms with Crippen LogP contribution >= 0.6 is 0 Å². The number of allylic oxidation sites excluding steroid dienone is 6. The van der Waals surface area contributed by atoms with Gasteiger partial charge in [0.25, 0.3) is 0 Å². The lowest BCUT2D eigenvalue weighted by molar-refractivity contribution is 0.595. The van der Waals surface area contributed by atoms with Crippen LogP contribution in [-0.4, -0.2) is 12.6 Å². The third-order valence-corrected chi connectivity index (χ3v) is 2.14. The molecule has 0 aromatic heterocycles. The van der Waals surface area contributed by atoms with Crippen LogP contribution in [0.3, 0.4) is 0 Å². The molecule has 0 aromatic carbocycles. The highest BCUT2D eigenvalue weighted by Gasteiger charge is 1.96. The molecule has 4 N–H and O–H groups in total. The number of hydrogen-bond acceptors (Lipinski definition) is 2. The first-order valence-corrected chi connectivity index (χ1v) is 5.69. The fourth-order valence-electron chi connectivity index (χ4n) is 1.16. The second-order valence-electron chi connectivity index (χ2n) is 3.59. The lowest BCUT2D eigenvalue weighted by atomic mass is 10.1. The lowest BCUT2D eigenvalue weighted by Crippen LogP contribution is -2.29. The topological polar surface area (TPSA) is 52.0 Å². The van der Waals surface area contributed by atoms with E-state index in [0.717, 1.165) is 25.7 Å². The molecule has 0 spiro atoms. The van der Waals surface area contributed by atoms with Crippen molar-refractivity contribution in [3.05, 3.63) is 36.5 Å². The van der Waals surface area contributed by atoms with Gasteiger partial charge in [0.15, 0.2) is 0 Å². The van der Waals surface area contributed by atoms with E-state index in [1.807, 2.05) is 6.92 Å². The van der Waals surface area contributed by atoms with Gasteiger partial charge in [0.2, 0.25) is 0 Å². The zero-order valence-electron chi connectivity index (χ0n) is 9.73. The molecule has 1 unspecified atom stereocenters. The molecule has 0 amide bonds. The molecule has 0 aliphatic carbocycles. The standard InChI is InChI=1S/C13H24N2/c1-2-3-4-5-6-7-8-9-10-11-13(15)12-14/h2-3,5-8,13H,4,9-12,14-15H2,1H3/b3-2+,6-5+,8-7+. The van der Waals surface area contributed by atoms with E-state index in [9.17, 15) is 0 Å². The molecule has 2 heteroatoms. The summed E-state index contributed by atoms with van der Waals surface area (Å²) in [7, 11) is 0. The maximum absolute atomic E-state index is 5.70. The van der Waals surface area contributed by atoms with E-state index in [1.54, 1.807) is 0 Å². The average Bonchev–Trinajstić information content (AvgIpc) is 2.26. The van der Waals surface area contributed by atoms with Crippen molar-refractivity contribution in [2.45, 2.75) is 38.6 Å². The number of unbranched alkanes of at least 4 members (excludes halogenated alkanes) is 1. The third-order valence-electron chi connectivity index (χ3n) is 2.14. The Hall–Kier alpha value is -0.860. The molecule has 0 saturated heterocycles. The molecule has 1 atom stereocenters. The summed E-state index contributed by atoms with van der Waals surface area (Å²) in [6.07, 6.45) is 16.9. The van der Waals surface area contributed by atoms with Gasteiger partial charge < -0.3 is 11.5 Å². The van der Waals surface area contributed by atoms with Gasteiger partial charge in [-0.3, -0.25) is 0 Å². The van der Waals surface area contributed by atoms with Crippen molar-refractivity contribution in [3.63, 3.8) is 0 Å². The molecule has 0 fully saturated rings. The van der Waals surface area contributed by atoms with Crippen LogP contribution in [0.25, 0.3) is 0 Å². The molecule has 0 aliphatic heterocycles. The van der Waals surface area contributed by atoms with Crippen molar-refractivity contribution < 1.29 is 0 Å². The Bertz CT molecular complexity index is 205. The smallest absolute Gasteiger partial charge is 0.0163 e. The van der Waals surface area contributed by atoms with E-state index in [-0.39, 0.29) is 6.04 Å². The number of hydrogen-bond donors (Lipinski definition) is 2. The first-order chi connectivity index (χ1) is 7.31. The van der Waals surface area contributed by atoms with Gasteiger partial charge in [0.05, 0.1) is 0 Å². The normalized spacial score (nSPS) is 14.6. The van der Waals surface area contributed by atoms with Crippen molar-refractivity contribution in [2.75, 3.05) is 6.54 Å². The summed E-state index contributed by atoms with van der Waals surface area (Å²) in [5.74, 6) is 0. The van der Waals surface area contributed by atoms with E-state index in [2.05, 4.69) is 36.5 Å². The van der Waals surface area contributed by atoms with E-state index < -0.39 is 0 Å². The summed E-state index contributed by atoms with van der Waals surface area (Å²) in [6.45, 7) is 2.62. The van der Waals surface area contributed by atoms with Gasteiger partial charge in [-0.05, 0) is 32.6 Å². The second-order valence-corrected chi connectivity index (χ2v) is 3.59. The predicted molar refractivity (Wildman–Crippen MR) is 68.6 cm³/mol. The van der Waals surface area contributed by atoms with Gasteiger partial charge in [0, 0.05) is 12.6 Å². The Morgan fingerprint density at radius 2 is 1.87 bits per heavy atom. The predicted octanol–water partition coefficient (Wildman–Crippen LogP) is 2.52. The molecule has 15 heavy (non-hydrogen) atoms. The Balaban J connectivity index is 3.34. The van der Waals surface area contributed by atoms with Gasteiger partial charge in [-0.25, -0.2) is 0 Å². The summed E-state index contributed by atoms with van der Waals surface area (Å²) in [5.41, 5.74) is 11.1. The Morgan fingerprint density at radius 3 is 2.53 bits per heavy atom. The summed E-state index contributed by atoms with van der Waals surface area (Å²) in [5, 5.41) is 0. The highest BCUT2D eigenvalue weighted by atomic mass is 14.7. The van der Waals surface area contributed by atoms with Crippen LogP contribution in [0.4, 0.5) is 0 Å². The first kappa shape index (κ1) is 14.1. The molecular weight excluding hydrogens is 184 g/mol. The Kier molecular flexibility index (Phi) is 10.6. The van der Waals surface area contributed by atoms with Gasteiger partial charge in [-0.1, -0.05) is 36.5 Å². The summed E-state index contributed by atoms with van der Waals surface area (Å²) < 4.78 is 0. The van der Waals surface area contributed by atoms with Gasteiger partial charge in [-0.15, -0.1) is 0 Å². The van der Waals surface area contributed by atoms with Gasteiger partial charge in [0.1, 0.15) is 0 Å². The molecule has 0 rings (SSSR count). The van der Waals surface area contributed by atoms with Crippen molar-refractivity contribution in [1.82, 2.24) is 0 Å². The van der Waals surface area contributed by atoms with Crippen LogP contribution in [0.15, 0.2) is 36.5 Å². The van der Waals surface area contributed by atoms with E-state index >= 15 is 0 Å². The summed E-state index contributed by atoms with van der Waals surface area (Å²) in [4.78, 5) is 0. The monoisotopic (exact) mass is 208 g/mol. The number of rotatable bonds is 8.